The molecule has 5 heteroatoms. The topological polar surface area (TPSA) is 24.4 Å². The van der Waals surface area contributed by atoms with Gasteiger partial charge in [0, 0.05) is 10.9 Å². The van der Waals surface area contributed by atoms with Crippen LogP contribution in [-0.2, 0) is 0 Å². The zero-order valence-corrected chi connectivity index (χ0v) is 10.5. The molecule has 2 heterocycles. The van der Waals surface area contributed by atoms with Crippen LogP contribution >= 0.6 is 39.0 Å². The normalized spacial score (nSPS) is 20.5. The van der Waals surface area contributed by atoms with Crippen LogP contribution in [0.3, 0.4) is 0 Å². The molecule has 0 spiro atoms. The predicted molar refractivity (Wildman–Crippen MR) is 65.2 cm³/mol. The summed E-state index contributed by atoms with van der Waals surface area (Å²) in [6.07, 6.45) is 2.24. The van der Waals surface area contributed by atoms with Gasteiger partial charge < -0.3 is 5.32 Å². The van der Waals surface area contributed by atoms with Crippen molar-refractivity contribution in [3.8, 4) is 0 Å². The number of nitrogens with zero attached hydrogens (tertiary/aromatic N) is 1. The molecule has 1 atom stereocenters. The number of nitrogens with one attached hydrogen (secondary N) is 1. The summed E-state index contributed by atoms with van der Waals surface area (Å²) in [4.78, 5) is 4.51. The van der Waals surface area contributed by atoms with Gasteiger partial charge in [0.1, 0.15) is 11.2 Å². The zero-order chi connectivity index (χ0) is 9.42. The van der Waals surface area contributed by atoms with Crippen LogP contribution < -0.4 is 5.32 Å². The van der Waals surface area contributed by atoms with Crippen LogP contribution in [0.25, 0.3) is 0 Å². The fourth-order valence-electron chi connectivity index (χ4n) is 1.28. The zero-order valence-electron chi connectivity index (χ0n) is 7.30. The highest BCUT2D eigenvalue weighted by molar-refractivity contribution is 9.11. The Morgan fingerprint density at radius 1 is 1.69 bits per heavy atom. The van der Waals surface area contributed by atoms with Crippen LogP contribution in [0, 0.1) is 0 Å². The molecule has 1 aromatic heterocycles. The summed E-state index contributed by atoms with van der Waals surface area (Å²) in [6, 6.07) is 0. The van der Waals surface area contributed by atoms with E-state index in [9.17, 15) is 0 Å². The SMILES string of the molecule is CSC1=NC(C)Nc2c1csc2Br. The first-order valence-electron chi connectivity index (χ1n) is 3.88. The minimum absolute atomic E-state index is 0.181. The van der Waals surface area contributed by atoms with Gasteiger partial charge in [-0.1, -0.05) is 0 Å². The number of fused-ring (bicyclic) bond motifs is 1. The maximum Gasteiger partial charge on any atom is 0.117 e. The lowest BCUT2D eigenvalue weighted by molar-refractivity contribution is 0.848. The third-order valence-corrected chi connectivity index (χ3v) is 4.27. The summed E-state index contributed by atoms with van der Waals surface area (Å²) < 4.78 is 1.16. The molecule has 0 amide bonds. The molecule has 70 valence electrons. The van der Waals surface area contributed by atoms with E-state index >= 15 is 0 Å². The van der Waals surface area contributed by atoms with Gasteiger partial charge >= 0.3 is 0 Å². The molecule has 2 nitrogen and oxygen atoms in total. The molecule has 1 aliphatic rings. The Morgan fingerprint density at radius 3 is 3.15 bits per heavy atom. The third kappa shape index (κ3) is 1.65. The van der Waals surface area contributed by atoms with Gasteiger partial charge in [-0.2, -0.15) is 0 Å². The van der Waals surface area contributed by atoms with Gasteiger partial charge in [0.15, 0.2) is 0 Å². The summed E-state index contributed by atoms with van der Waals surface area (Å²) >= 11 is 6.93. The first kappa shape index (κ1) is 9.55. The summed E-state index contributed by atoms with van der Waals surface area (Å²) in [5.41, 5.74) is 2.42. The quantitative estimate of drug-likeness (QED) is 0.786. The van der Waals surface area contributed by atoms with Crippen molar-refractivity contribution in [1.29, 1.82) is 0 Å². The number of thioether (sulfide) groups is 1. The summed E-state index contributed by atoms with van der Waals surface area (Å²) in [6.45, 7) is 2.06. The van der Waals surface area contributed by atoms with Crippen molar-refractivity contribution >= 4 is 49.8 Å². The number of thiophene rings is 1. The molecule has 13 heavy (non-hydrogen) atoms. The summed E-state index contributed by atoms with van der Waals surface area (Å²) in [5, 5.41) is 6.60. The molecule has 2 rings (SSSR count). The summed E-state index contributed by atoms with van der Waals surface area (Å²) in [7, 11) is 0. The average Bonchev–Trinajstić information content (AvgIpc) is 2.47. The molecule has 0 saturated heterocycles. The van der Waals surface area contributed by atoms with Gasteiger partial charge in [-0.05, 0) is 29.1 Å². The van der Waals surface area contributed by atoms with Crippen LogP contribution in [0.2, 0.25) is 0 Å². The average molecular weight is 277 g/mol. The van der Waals surface area contributed by atoms with Gasteiger partial charge in [0.25, 0.3) is 0 Å². The summed E-state index contributed by atoms with van der Waals surface area (Å²) in [5.74, 6) is 0. The van der Waals surface area contributed by atoms with E-state index in [0.717, 1.165) is 8.83 Å². The van der Waals surface area contributed by atoms with E-state index in [1.54, 1.807) is 23.1 Å². The lowest BCUT2D eigenvalue weighted by atomic mass is 10.2. The van der Waals surface area contributed by atoms with E-state index in [1.807, 2.05) is 0 Å². The lowest BCUT2D eigenvalue weighted by Gasteiger charge is -2.19. The smallest absolute Gasteiger partial charge is 0.117 e. The van der Waals surface area contributed by atoms with E-state index in [-0.39, 0.29) is 6.17 Å². The Bertz CT molecular complexity index is 359. The molecule has 1 aliphatic heterocycles. The van der Waals surface area contributed by atoms with Crippen molar-refractivity contribution in [2.24, 2.45) is 4.99 Å². The van der Waals surface area contributed by atoms with Gasteiger partial charge in [0.05, 0.1) is 9.47 Å². The number of rotatable bonds is 0. The predicted octanol–water partition coefficient (Wildman–Crippen LogP) is 3.39. The minimum Gasteiger partial charge on any atom is -0.362 e. The molecule has 0 fully saturated rings. The Kier molecular flexibility index (Phi) is 2.67. The second-order valence-corrected chi connectivity index (χ2v) is 5.75. The molecule has 1 unspecified atom stereocenters. The van der Waals surface area contributed by atoms with Crippen molar-refractivity contribution in [2.45, 2.75) is 13.1 Å². The highest BCUT2D eigenvalue weighted by atomic mass is 79.9. The number of hydrogen-bond donors (Lipinski definition) is 1. The third-order valence-electron chi connectivity index (χ3n) is 1.83. The molecule has 0 radical (unpaired) electrons. The van der Waals surface area contributed by atoms with Crippen molar-refractivity contribution in [1.82, 2.24) is 0 Å². The van der Waals surface area contributed by atoms with Gasteiger partial charge in [0.2, 0.25) is 0 Å². The highest BCUT2D eigenvalue weighted by Crippen LogP contribution is 2.38. The number of anilines is 1. The van der Waals surface area contributed by atoms with Crippen molar-refractivity contribution in [3.05, 3.63) is 14.7 Å². The van der Waals surface area contributed by atoms with E-state index in [4.69, 9.17) is 0 Å². The van der Waals surface area contributed by atoms with Gasteiger partial charge in [-0.15, -0.1) is 23.1 Å². The van der Waals surface area contributed by atoms with Crippen LogP contribution in [0.4, 0.5) is 5.69 Å². The number of halogens is 1. The van der Waals surface area contributed by atoms with Gasteiger partial charge in [-0.25, -0.2) is 0 Å². The largest absolute Gasteiger partial charge is 0.362 e. The van der Waals surface area contributed by atoms with Crippen molar-refractivity contribution in [2.75, 3.05) is 11.6 Å². The maximum absolute atomic E-state index is 4.51. The fourth-order valence-corrected chi connectivity index (χ4v) is 3.34. The van der Waals surface area contributed by atoms with Crippen LogP contribution in [-0.4, -0.2) is 17.5 Å². The second kappa shape index (κ2) is 3.63. The lowest BCUT2D eigenvalue weighted by Crippen LogP contribution is -2.20. The Morgan fingerprint density at radius 2 is 2.46 bits per heavy atom. The molecular weight excluding hydrogens is 268 g/mol. The number of hydrogen-bond acceptors (Lipinski definition) is 4. The molecular formula is C8H9BrN2S2. The van der Waals surface area contributed by atoms with Crippen LogP contribution in [0.15, 0.2) is 14.2 Å². The van der Waals surface area contributed by atoms with E-state index in [0.29, 0.717) is 0 Å². The Hall–Kier alpha value is -0.000000000000000111. The monoisotopic (exact) mass is 276 g/mol. The molecule has 0 aromatic carbocycles. The first-order valence-corrected chi connectivity index (χ1v) is 6.78. The van der Waals surface area contributed by atoms with Crippen LogP contribution in [0.1, 0.15) is 12.5 Å². The van der Waals surface area contributed by atoms with Crippen molar-refractivity contribution < 1.29 is 0 Å². The molecule has 1 aromatic rings. The van der Waals surface area contributed by atoms with E-state index in [1.165, 1.54) is 11.3 Å². The van der Waals surface area contributed by atoms with E-state index < -0.39 is 0 Å². The fraction of sp³-hybridized carbons (Fsp3) is 0.375. The standard InChI is InChI=1S/C8H9BrN2S2/c1-4-10-6-5(3-13-7(6)9)8(11-4)12-2/h3-4,10H,1-2H3. The second-order valence-electron chi connectivity index (χ2n) is 2.76. The minimum atomic E-state index is 0.181. The van der Waals surface area contributed by atoms with Gasteiger partial charge in [-0.3, -0.25) is 4.99 Å². The molecule has 0 bridgehead atoms. The van der Waals surface area contributed by atoms with E-state index in [2.05, 4.69) is 44.8 Å². The highest BCUT2D eigenvalue weighted by Gasteiger charge is 2.20. The maximum atomic E-state index is 4.51. The van der Waals surface area contributed by atoms with Crippen molar-refractivity contribution in [3.63, 3.8) is 0 Å². The van der Waals surface area contributed by atoms with Crippen LogP contribution in [0.5, 0.6) is 0 Å². The molecule has 1 N–H and O–H groups in total. The Balaban J connectivity index is 2.50. The Labute approximate surface area is 94.0 Å². The molecule has 0 aliphatic carbocycles. The number of aliphatic imine (C=N–C) groups is 1. The first-order chi connectivity index (χ1) is 6.22. The molecule has 0 saturated carbocycles.